The Morgan fingerprint density at radius 1 is 0.889 bits per heavy atom. The van der Waals surface area contributed by atoms with Gasteiger partial charge in [-0.25, -0.2) is 0 Å². The number of halogens is 5. The molecule has 0 aliphatic heterocycles. The van der Waals surface area contributed by atoms with Crippen molar-refractivity contribution in [2.75, 3.05) is 0 Å². The van der Waals surface area contributed by atoms with E-state index in [0.717, 1.165) is 0 Å². The fourth-order valence-corrected chi connectivity index (χ4v) is 5.18. The Morgan fingerprint density at radius 2 is 1.00 bits per heavy atom. The maximum absolute atomic E-state index is 3.45. The fraction of sp³-hybridized carbons (Fsp3) is 1.00. The highest BCUT2D eigenvalue weighted by molar-refractivity contribution is 9.32. The third kappa shape index (κ3) is 1.59. The van der Waals surface area contributed by atoms with E-state index in [1.807, 2.05) is 0 Å². The van der Waals surface area contributed by atoms with Gasteiger partial charge in [0.1, 0.15) is 6.47 Å². The summed E-state index contributed by atoms with van der Waals surface area (Å²) in [5, 5.41) is 0. The molecule has 3 N–H and O–H groups in total. The largest absolute Gasteiger partial charge is 0.344 e. The lowest BCUT2D eigenvalue weighted by molar-refractivity contribution is 1.46. The van der Waals surface area contributed by atoms with Gasteiger partial charge in [0.25, 0.3) is 0 Å². The van der Waals surface area contributed by atoms with Crippen molar-refractivity contribution in [3.8, 4) is 0 Å². The van der Waals surface area contributed by atoms with Crippen LogP contribution < -0.4 is 6.15 Å². The van der Waals surface area contributed by atoms with Crippen LogP contribution in [0, 0.1) is 0 Å². The van der Waals surface area contributed by atoms with Crippen molar-refractivity contribution in [1.29, 1.82) is 0 Å². The van der Waals surface area contributed by atoms with E-state index in [-0.39, 0.29) is 12.6 Å². The molecule has 0 heterocycles. The van der Waals surface area contributed by atoms with Crippen LogP contribution in [0.5, 0.6) is 0 Å². The molecule has 1 aliphatic rings. The lowest BCUT2D eigenvalue weighted by Gasteiger charge is -1.94. The molecule has 6 heteroatoms. The minimum atomic E-state index is -0.0208. The van der Waals surface area contributed by atoms with Crippen molar-refractivity contribution in [1.82, 2.24) is 6.15 Å². The van der Waals surface area contributed by atoms with Crippen molar-refractivity contribution >= 4 is 79.6 Å². The van der Waals surface area contributed by atoms with Gasteiger partial charge in [0.2, 0.25) is 0 Å². The topological polar surface area (TPSA) is 35.0 Å². The third-order valence-corrected chi connectivity index (χ3v) is 11.3. The zero-order valence-corrected chi connectivity index (χ0v) is 12.1. The van der Waals surface area contributed by atoms with E-state index in [9.17, 15) is 0 Å². The first-order valence-electron chi connectivity index (χ1n) is 1.80. The van der Waals surface area contributed by atoms with Crippen LogP contribution in [0.1, 0.15) is 0 Å². The Hall–Kier alpha value is 2.36. The van der Waals surface area contributed by atoms with Gasteiger partial charge in [-0.15, -0.1) is 0 Å². The second-order valence-corrected chi connectivity index (χ2v) is 9.66. The van der Waals surface area contributed by atoms with Gasteiger partial charge < -0.3 is 6.15 Å². The maximum atomic E-state index is 3.45. The highest BCUT2D eigenvalue weighted by Crippen LogP contribution is 2.71. The van der Waals surface area contributed by atoms with Gasteiger partial charge in [0, 0.05) is 0 Å². The van der Waals surface area contributed by atoms with Gasteiger partial charge in [-0.3, -0.25) is 0 Å². The number of hydrogen-bond acceptors (Lipinski definition) is 1. The molecule has 0 saturated heterocycles. The summed E-state index contributed by atoms with van der Waals surface area (Å²) in [7, 11) is 0. The zero-order chi connectivity index (χ0) is 6.58. The quantitative estimate of drug-likeness (QED) is 0.555. The molecule has 56 valence electrons. The van der Waals surface area contributed by atoms with Crippen LogP contribution in [0.25, 0.3) is 0 Å². The Bertz CT molecular complexity index is 107. The highest BCUT2D eigenvalue weighted by atomic mass is 79.9. The van der Waals surface area contributed by atoms with E-state index in [1.165, 1.54) is 0 Å². The molecule has 0 radical (unpaired) electrons. The smallest absolute Gasteiger partial charge is 0.121 e. The molecular weight excluding hydrogens is 450 g/mol. The molecule has 9 heavy (non-hydrogen) atoms. The van der Waals surface area contributed by atoms with Crippen LogP contribution >= 0.6 is 79.6 Å². The highest BCUT2D eigenvalue weighted by Gasteiger charge is 2.72. The molecule has 1 aliphatic carbocycles. The second-order valence-electron chi connectivity index (χ2n) is 1.61. The SMILES string of the molecule is BrC1C(Br)(Br)C1(Br)Br.N. The Balaban J connectivity index is 0.000000640. The molecule has 1 nitrogen and oxygen atoms in total. The van der Waals surface area contributed by atoms with Gasteiger partial charge in [-0.2, -0.15) is 0 Å². The number of alkyl halides is 5. The predicted molar refractivity (Wildman–Crippen MR) is 58.9 cm³/mol. The van der Waals surface area contributed by atoms with E-state index < -0.39 is 0 Å². The van der Waals surface area contributed by atoms with Crippen LogP contribution in [-0.2, 0) is 0 Å². The van der Waals surface area contributed by atoms with E-state index in [0.29, 0.717) is 4.83 Å². The number of rotatable bonds is 0. The normalized spacial score (nSPS) is 29.0. The Labute approximate surface area is 95.9 Å². The van der Waals surface area contributed by atoms with Gasteiger partial charge in [0.05, 0.1) is 4.83 Å². The van der Waals surface area contributed by atoms with Gasteiger partial charge in [-0.05, 0) is 0 Å². The average molecular weight is 454 g/mol. The predicted octanol–water partition coefficient (Wildman–Crippen LogP) is 3.90. The molecule has 0 aromatic heterocycles. The summed E-state index contributed by atoms with van der Waals surface area (Å²) in [5.74, 6) is 0. The summed E-state index contributed by atoms with van der Waals surface area (Å²) in [5.41, 5.74) is 0. The molecule has 0 bridgehead atoms. The van der Waals surface area contributed by atoms with Crippen LogP contribution in [0.2, 0.25) is 0 Å². The fourth-order valence-electron chi connectivity index (χ4n) is 0.306. The van der Waals surface area contributed by atoms with Gasteiger partial charge in [-0.1, -0.05) is 79.6 Å². The van der Waals surface area contributed by atoms with Crippen LogP contribution in [0.4, 0.5) is 0 Å². The molecule has 0 spiro atoms. The number of hydrogen-bond donors (Lipinski definition) is 1. The van der Waals surface area contributed by atoms with Gasteiger partial charge in [0.15, 0.2) is 0 Å². The van der Waals surface area contributed by atoms with Crippen LogP contribution in [0.15, 0.2) is 0 Å². The summed E-state index contributed by atoms with van der Waals surface area (Å²) in [6.07, 6.45) is 0. The van der Waals surface area contributed by atoms with Crippen molar-refractivity contribution in [2.24, 2.45) is 0 Å². The molecule has 0 unspecified atom stereocenters. The van der Waals surface area contributed by atoms with Gasteiger partial charge >= 0.3 is 0 Å². The Kier molecular flexibility index (Phi) is 3.80. The lowest BCUT2D eigenvalue weighted by Crippen LogP contribution is -1.93. The minimum absolute atomic E-state index is 0. The van der Waals surface area contributed by atoms with E-state index in [2.05, 4.69) is 79.6 Å². The first-order chi connectivity index (χ1) is 3.40. The van der Waals surface area contributed by atoms with Crippen LogP contribution in [-0.4, -0.2) is 11.3 Å². The second kappa shape index (κ2) is 3.01. The molecule has 1 saturated carbocycles. The van der Waals surface area contributed by atoms with E-state index in [1.54, 1.807) is 0 Å². The van der Waals surface area contributed by atoms with E-state index >= 15 is 0 Å². The molecule has 0 atom stereocenters. The molecule has 1 rings (SSSR count). The first kappa shape index (κ1) is 11.4. The Morgan fingerprint density at radius 3 is 1.00 bits per heavy atom. The summed E-state index contributed by atoms with van der Waals surface area (Å²) in [4.78, 5) is 0.391. The zero-order valence-electron chi connectivity index (χ0n) is 4.17. The first-order valence-corrected chi connectivity index (χ1v) is 5.89. The van der Waals surface area contributed by atoms with Crippen molar-refractivity contribution in [3.63, 3.8) is 0 Å². The molecule has 0 amide bonds. The lowest BCUT2D eigenvalue weighted by atomic mass is 11.0. The van der Waals surface area contributed by atoms with Crippen molar-refractivity contribution < 1.29 is 0 Å². The maximum Gasteiger partial charge on any atom is 0.121 e. The summed E-state index contributed by atoms with van der Waals surface area (Å²) < 4.78 is -0.0417. The monoisotopic (exact) mass is 449 g/mol. The summed E-state index contributed by atoms with van der Waals surface area (Å²) in [6, 6.07) is 0. The average Bonchev–Trinajstić information content (AvgIpc) is 1.88. The van der Waals surface area contributed by atoms with E-state index in [4.69, 9.17) is 0 Å². The molecule has 0 aromatic carbocycles. The van der Waals surface area contributed by atoms with Crippen molar-refractivity contribution in [2.45, 2.75) is 11.3 Å². The van der Waals surface area contributed by atoms with Crippen molar-refractivity contribution in [3.05, 3.63) is 0 Å². The molecule has 0 aromatic rings. The minimum Gasteiger partial charge on any atom is -0.344 e. The summed E-state index contributed by atoms with van der Waals surface area (Å²) in [6.45, 7) is 0. The third-order valence-electron chi connectivity index (χ3n) is 0.998. The molecular formula is C3H4Br5N. The summed E-state index contributed by atoms with van der Waals surface area (Å²) >= 11 is 17.2. The van der Waals surface area contributed by atoms with Crippen LogP contribution in [0.3, 0.4) is 0 Å². The standard InChI is InChI=1S/C3HBr5.H3N/c4-1-2(5,6)3(1,7)8;/h1H;1H3. The molecule has 1 fully saturated rings.